The minimum atomic E-state index is 1.08. The van der Waals surface area contributed by atoms with Gasteiger partial charge in [-0.3, -0.25) is 0 Å². The Morgan fingerprint density at radius 3 is 1.52 bits per heavy atom. The van der Waals surface area contributed by atoms with E-state index < -0.39 is 0 Å². The summed E-state index contributed by atoms with van der Waals surface area (Å²) >= 11 is 3.77. The fourth-order valence-electron chi connectivity index (χ4n) is 4.90. The van der Waals surface area contributed by atoms with Gasteiger partial charge in [0, 0.05) is 22.2 Å². The quantitative estimate of drug-likeness (QED) is 0.234. The van der Waals surface area contributed by atoms with Gasteiger partial charge in [0.25, 0.3) is 0 Å². The van der Waals surface area contributed by atoms with Crippen LogP contribution in [0.4, 0.5) is 0 Å². The summed E-state index contributed by atoms with van der Waals surface area (Å²) in [5.41, 5.74) is 11.9. The molecule has 2 aliphatic rings. The van der Waals surface area contributed by atoms with E-state index in [-0.39, 0.29) is 0 Å². The van der Waals surface area contributed by atoms with Crippen LogP contribution in [0.15, 0.2) is 59.3 Å². The molecule has 0 atom stereocenters. The van der Waals surface area contributed by atoms with Crippen molar-refractivity contribution in [2.24, 2.45) is 0 Å². The van der Waals surface area contributed by atoms with Crippen LogP contribution in [0.2, 0.25) is 0 Å². The van der Waals surface area contributed by atoms with Crippen molar-refractivity contribution < 1.29 is 0 Å². The Kier molecular flexibility index (Phi) is 3.94. The highest BCUT2D eigenvalue weighted by atomic mass is 32.1. The van der Waals surface area contributed by atoms with Gasteiger partial charge in [-0.2, -0.15) is 0 Å². The van der Waals surface area contributed by atoms with Crippen LogP contribution in [-0.4, -0.2) is 0 Å². The van der Waals surface area contributed by atoms with Gasteiger partial charge in [-0.15, -0.1) is 22.7 Å². The summed E-state index contributed by atoms with van der Waals surface area (Å²) in [5.74, 6) is 0. The fraction of sp³-hybridized carbons (Fsp3) is 0.185. The monoisotopic (exact) mass is 410 g/mol. The molecule has 2 aromatic heterocycles. The van der Waals surface area contributed by atoms with Crippen LogP contribution in [0.3, 0.4) is 0 Å². The van der Waals surface area contributed by atoms with E-state index in [1.54, 1.807) is 0 Å². The van der Waals surface area contributed by atoms with Gasteiger partial charge in [-0.05, 0) is 90.3 Å². The lowest BCUT2D eigenvalue weighted by Gasteiger charge is -2.06. The largest absolute Gasteiger partial charge is 0.143 e. The van der Waals surface area contributed by atoms with E-state index in [1.807, 2.05) is 22.7 Å². The zero-order valence-corrected chi connectivity index (χ0v) is 18.3. The molecule has 0 aliphatic heterocycles. The summed E-state index contributed by atoms with van der Waals surface area (Å²) < 4.78 is 2.94. The molecule has 0 fully saturated rings. The second kappa shape index (κ2) is 6.55. The Hall–Kier alpha value is -2.42. The summed E-state index contributed by atoms with van der Waals surface area (Å²) in [7, 11) is 0. The Labute approximate surface area is 179 Å². The highest BCUT2D eigenvalue weighted by Crippen LogP contribution is 2.48. The first-order valence-corrected chi connectivity index (χ1v) is 12.2. The van der Waals surface area contributed by atoms with E-state index >= 15 is 0 Å². The van der Waals surface area contributed by atoms with E-state index in [4.69, 9.17) is 0 Å². The Bertz CT molecular complexity index is 1290. The van der Waals surface area contributed by atoms with Crippen LogP contribution < -0.4 is 0 Å². The molecule has 0 bridgehead atoms. The van der Waals surface area contributed by atoms with Gasteiger partial charge in [0.2, 0.25) is 0 Å². The maximum atomic E-state index is 2.48. The highest BCUT2D eigenvalue weighted by molar-refractivity contribution is 7.17. The van der Waals surface area contributed by atoms with Crippen molar-refractivity contribution in [3.8, 4) is 22.3 Å². The molecule has 5 aromatic rings. The lowest BCUT2D eigenvalue weighted by molar-refractivity contribution is 1.09. The number of hydrogen-bond donors (Lipinski definition) is 0. The van der Waals surface area contributed by atoms with Crippen LogP contribution >= 0.6 is 22.7 Å². The summed E-state index contributed by atoms with van der Waals surface area (Å²) in [6, 6.07) is 18.7. The van der Waals surface area contributed by atoms with Crippen molar-refractivity contribution in [2.75, 3.05) is 0 Å². The number of thiophene rings is 2. The zero-order chi connectivity index (χ0) is 19.5. The first-order valence-electron chi connectivity index (χ1n) is 10.4. The third-order valence-electron chi connectivity index (χ3n) is 6.09. The molecular weight excluding hydrogens is 388 g/mol. The Morgan fingerprint density at radius 1 is 0.621 bits per heavy atom. The van der Waals surface area contributed by atoms with E-state index in [1.165, 1.54) is 71.1 Å². The van der Waals surface area contributed by atoms with Gasteiger partial charge < -0.3 is 0 Å². The molecule has 0 nitrogen and oxygen atoms in total. The maximum Gasteiger partial charge on any atom is 0.0384 e. The van der Waals surface area contributed by atoms with Crippen molar-refractivity contribution in [3.63, 3.8) is 0 Å². The van der Waals surface area contributed by atoms with Gasteiger partial charge in [0.1, 0.15) is 0 Å². The van der Waals surface area contributed by atoms with Gasteiger partial charge in [-0.25, -0.2) is 0 Å². The third-order valence-corrected chi connectivity index (χ3v) is 8.07. The van der Waals surface area contributed by atoms with Crippen LogP contribution in [0.25, 0.3) is 42.4 Å². The molecule has 0 unspecified atom stereocenters. The van der Waals surface area contributed by atoms with Crippen molar-refractivity contribution in [3.05, 3.63) is 81.5 Å². The van der Waals surface area contributed by atoms with E-state index in [0.29, 0.717) is 0 Å². The SMILES string of the molecule is CCC.c1cc2ccc3c(c2s1)Cc1cc2c(cc1-3)Cc1c-2ccc2ccsc12. The van der Waals surface area contributed by atoms with Gasteiger partial charge in [0.15, 0.2) is 0 Å². The second-order valence-corrected chi connectivity index (χ2v) is 9.92. The predicted octanol–water partition coefficient (Wildman–Crippen LogP) is 8.67. The van der Waals surface area contributed by atoms with Crippen LogP contribution in [-0.2, 0) is 12.8 Å². The number of hydrogen-bond acceptors (Lipinski definition) is 2. The van der Waals surface area contributed by atoms with Gasteiger partial charge >= 0.3 is 0 Å². The molecule has 0 radical (unpaired) electrons. The van der Waals surface area contributed by atoms with Crippen molar-refractivity contribution in [1.82, 2.24) is 0 Å². The van der Waals surface area contributed by atoms with Crippen molar-refractivity contribution in [1.29, 1.82) is 0 Å². The fourth-order valence-corrected chi connectivity index (χ4v) is 6.80. The molecular formula is C27H22S2. The molecule has 0 N–H and O–H groups in total. The van der Waals surface area contributed by atoms with Crippen molar-refractivity contribution >= 4 is 42.8 Å². The van der Waals surface area contributed by atoms with E-state index in [0.717, 1.165) is 12.8 Å². The minimum Gasteiger partial charge on any atom is -0.143 e. The Morgan fingerprint density at radius 2 is 1.07 bits per heavy atom. The summed E-state index contributed by atoms with van der Waals surface area (Å²) in [6.07, 6.45) is 3.40. The third kappa shape index (κ3) is 2.49. The first kappa shape index (κ1) is 17.4. The highest BCUT2D eigenvalue weighted by Gasteiger charge is 2.27. The second-order valence-electron chi connectivity index (χ2n) is 8.09. The normalized spacial score (nSPS) is 13.0. The molecule has 2 heterocycles. The molecule has 7 rings (SSSR count). The zero-order valence-electron chi connectivity index (χ0n) is 16.7. The average molecular weight is 411 g/mol. The summed E-state index contributed by atoms with van der Waals surface area (Å²) in [4.78, 5) is 0. The summed E-state index contributed by atoms with van der Waals surface area (Å²) in [5, 5.41) is 7.21. The molecule has 0 saturated heterocycles. The van der Waals surface area contributed by atoms with E-state index in [2.05, 4.69) is 73.1 Å². The van der Waals surface area contributed by atoms with Crippen LogP contribution in [0.1, 0.15) is 42.5 Å². The topological polar surface area (TPSA) is 0 Å². The summed E-state index contributed by atoms with van der Waals surface area (Å²) in [6.45, 7) is 4.25. The van der Waals surface area contributed by atoms with Gasteiger partial charge in [0.05, 0.1) is 0 Å². The molecule has 0 saturated carbocycles. The lowest BCUT2D eigenvalue weighted by Crippen LogP contribution is -1.85. The minimum absolute atomic E-state index is 1.08. The standard InChI is InChI=1S/C24H14S2.C3H8/c1-3-17-19-9-16-12-22-18(4-2-14-6-8-26-24(14)22)20(16)10-15(19)11-21(17)23-13(1)5-7-25-23;1-3-2/h1-10H,11-12H2;3H2,1-2H3. The molecule has 29 heavy (non-hydrogen) atoms. The number of fused-ring (bicyclic) bond motifs is 10. The maximum absolute atomic E-state index is 2.48. The van der Waals surface area contributed by atoms with Gasteiger partial charge in [-0.1, -0.05) is 44.5 Å². The lowest BCUT2D eigenvalue weighted by atomic mass is 9.98. The molecule has 0 spiro atoms. The number of benzene rings is 3. The number of rotatable bonds is 0. The average Bonchev–Trinajstić information content (AvgIpc) is 3.48. The van der Waals surface area contributed by atoms with Crippen LogP contribution in [0.5, 0.6) is 0 Å². The molecule has 142 valence electrons. The smallest absolute Gasteiger partial charge is 0.0384 e. The van der Waals surface area contributed by atoms with E-state index in [9.17, 15) is 0 Å². The van der Waals surface area contributed by atoms with Crippen molar-refractivity contribution in [2.45, 2.75) is 33.1 Å². The first-order chi connectivity index (χ1) is 14.3. The Balaban J connectivity index is 0.000000522. The predicted molar refractivity (Wildman–Crippen MR) is 130 cm³/mol. The molecule has 2 aliphatic carbocycles. The molecule has 0 amide bonds. The van der Waals surface area contributed by atoms with Crippen LogP contribution in [0, 0.1) is 0 Å². The molecule has 2 heteroatoms. The molecule has 3 aromatic carbocycles.